The van der Waals surface area contributed by atoms with Crippen LogP contribution in [0, 0.1) is 0 Å². The Morgan fingerprint density at radius 3 is 1.88 bits per heavy atom. The Balaban J connectivity index is 2.99. The average Bonchev–Trinajstić information content (AvgIpc) is 3.41. The number of rotatable bonds is 21. The highest BCUT2D eigenvalue weighted by Gasteiger charge is 2.30. The minimum absolute atomic E-state index is 0.117. The number of hydrogen-bond donors (Lipinski definition) is 10. The molecule has 226 valence electrons. The van der Waals surface area contributed by atoms with Gasteiger partial charge in [-0.25, -0.2) is 9.78 Å². The van der Waals surface area contributed by atoms with Gasteiger partial charge in [0.15, 0.2) is 5.96 Å². The number of guanidine groups is 1. The van der Waals surface area contributed by atoms with E-state index in [-0.39, 0.29) is 38.2 Å². The second kappa shape index (κ2) is 19.3. The number of H-pyrrole nitrogens is 1. The number of nitrogens with one attached hydrogen (secondary N) is 4. The molecule has 0 saturated heterocycles. The number of carboxylic acid groups (broad SMARTS) is 1. The number of aromatic nitrogens is 2. The molecule has 1 aromatic rings. The third kappa shape index (κ3) is 13.9. The molecule has 0 unspecified atom stereocenters. The number of carboxylic acids is 1. The highest BCUT2D eigenvalue weighted by atomic mass is 16.4. The van der Waals surface area contributed by atoms with Crippen molar-refractivity contribution < 1.29 is 24.3 Å². The lowest BCUT2D eigenvalue weighted by atomic mass is 10.0. The van der Waals surface area contributed by atoms with Gasteiger partial charge in [0.25, 0.3) is 0 Å². The van der Waals surface area contributed by atoms with Crippen LogP contribution in [0.4, 0.5) is 0 Å². The van der Waals surface area contributed by atoms with Crippen LogP contribution in [-0.2, 0) is 25.6 Å². The van der Waals surface area contributed by atoms with E-state index in [1.807, 2.05) is 0 Å². The van der Waals surface area contributed by atoms with Gasteiger partial charge in [-0.05, 0) is 64.5 Å². The fraction of sp³-hybridized carbons (Fsp3) is 0.667. The first-order valence-electron chi connectivity index (χ1n) is 13.4. The van der Waals surface area contributed by atoms with Crippen molar-refractivity contribution >= 4 is 29.7 Å². The Morgan fingerprint density at radius 2 is 1.38 bits per heavy atom. The number of aliphatic carboxylic acids is 1. The first-order chi connectivity index (χ1) is 19.1. The van der Waals surface area contributed by atoms with Gasteiger partial charge in [0.2, 0.25) is 17.7 Å². The summed E-state index contributed by atoms with van der Waals surface area (Å²) in [5, 5.41) is 17.4. The number of nitrogens with two attached hydrogens (primary N) is 5. The Labute approximate surface area is 233 Å². The fourth-order valence-electron chi connectivity index (χ4n) is 3.83. The summed E-state index contributed by atoms with van der Waals surface area (Å²) in [4.78, 5) is 61.6. The lowest BCUT2D eigenvalue weighted by Crippen LogP contribution is -2.57. The molecule has 40 heavy (non-hydrogen) atoms. The van der Waals surface area contributed by atoms with Gasteiger partial charge in [-0.15, -0.1) is 0 Å². The minimum Gasteiger partial charge on any atom is -0.480 e. The number of imidazole rings is 1. The summed E-state index contributed by atoms with van der Waals surface area (Å²) in [6.45, 7) is 0.991. The van der Waals surface area contributed by atoms with E-state index in [4.69, 9.17) is 28.7 Å². The number of unbranched alkanes of at least 4 members (excludes halogenated alkanes) is 2. The molecular formula is C24H45N11O5. The number of carbonyl (C=O) groups excluding carboxylic acids is 3. The minimum atomic E-state index is -1.20. The average molecular weight is 568 g/mol. The Bertz CT molecular complexity index is 938. The summed E-state index contributed by atoms with van der Waals surface area (Å²) < 4.78 is 0. The molecule has 1 heterocycles. The maximum atomic E-state index is 13.3. The standard InChI is InChI=1S/C24H45N11O5/c25-9-3-1-6-17(33-20(36)16(27)12-15-13-30-14-32-15)21(37)34-18(8-5-11-31-24(28)29)22(38)35-19(23(39)40)7-2-4-10-26/h13-14,16-19H,1-12,25-27H2,(H,30,32)(H,33,36)(H,34,37)(H,35,38)(H,39,40)(H4,28,29,31)/t16-,17-,18-,19-/m0/s1. The Kier molecular flexibility index (Phi) is 16.6. The largest absolute Gasteiger partial charge is 0.480 e. The second-order valence-electron chi connectivity index (χ2n) is 9.43. The normalized spacial score (nSPS) is 13.9. The van der Waals surface area contributed by atoms with Crippen LogP contribution in [0.3, 0.4) is 0 Å². The van der Waals surface area contributed by atoms with E-state index in [2.05, 4.69) is 30.9 Å². The van der Waals surface area contributed by atoms with E-state index in [1.165, 1.54) is 6.33 Å². The van der Waals surface area contributed by atoms with Gasteiger partial charge in [-0.1, -0.05) is 0 Å². The van der Waals surface area contributed by atoms with Crippen molar-refractivity contribution in [1.82, 2.24) is 25.9 Å². The van der Waals surface area contributed by atoms with Crippen LogP contribution in [0.15, 0.2) is 17.5 Å². The Morgan fingerprint density at radius 1 is 0.850 bits per heavy atom. The van der Waals surface area contributed by atoms with E-state index in [0.717, 1.165) is 0 Å². The number of nitrogens with zero attached hydrogens (tertiary/aromatic N) is 2. The first-order valence-corrected chi connectivity index (χ1v) is 13.4. The zero-order chi connectivity index (χ0) is 29.9. The molecular weight excluding hydrogens is 522 g/mol. The van der Waals surface area contributed by atoms with Crippen LogP contribution < -0.4 is 44.6 Å². The quantitative estimate of drug-likeness (QED) is 0.0409. The molecule has 0 aliphatic carbocycles. The van der Waals surface area contributed by atoms with Gasteiger partial charge in [-0.2, -0.15) is 0 Å². The number of hydrogen-bond acceptors (Lipinski definition) is 9. The van der Waals surface area contributed by atoms with Gasteiger partial charge in [0.05, 0.1) is 12.4 Å². The molecule has 0 aliphatic rings. The molecule has 0 saturated carbocycles. The summed E-state index contributed by atoms with van der Waals surface area (Å²) >= 11 is 0. The van der Waals surface area contributed by atoms with Crippen LogP contribution in [0.5, 0.6) is 0 Å². The molecule has 0 radical (unpaired) electrons. The monoisotopic (exact) mass is 567 g/mol. The van der Waals surface area contributed by atoms with Gasteiger partial charge >= 0.3 is 5.97 Å². The van der Waals surface area contributed by atoms with Crippen molar-refractivity contribution in [3.8, 4) is 0 Å². The molecule has 0 aliphatic heterocycles. The SMILES string of the molecule is NCCCC[C@H](NC(=O)[C@H](CCCN=C(N)N)NC(=O)[C@H](CCCCN)NC(=O)[C@@H](N)Cc1cnc[nH]1)C(=O)O. The third-order valence-electron chi connectivity index (χ3n) is 6.05. The van der Waals surface area contributed by atoms with Crippen LogP contribution in [0.25, 0.3) is 0 Å². The van der Waals surface area contributed by atoms with E-state index in [1.54, 1.807) is 6.20 Å². The predicted octanol–water partition coefficient (Wildman–Crippen LogP) is -2.87. The molecule has 0 fully saturated rings. The number of aromatic amines is 1. The summed E-state index contributed by atoms with van der Waals surface area (Å²) in [6.07, 6.45) is 6.32. The first kappa shape index (κ1) is 34.3. The molecule has 0 bridgehead atoms. The topological polar surface area (TPSA) is 296 Å². The number of carbonyl (C=O) groups is 4. The molecule has 3 amide bonds. The smallest absolute Gasteiger partial charge is 0.326 e. The summed E-state index contributed by atoms with van der Waals surface area (Å²) in [5.41, 5.74) is 28.5. The van der Waals surface area contributed by atoms with Gasteiger partial charge in [-0.3, -0.25) is 19.4 Å². The second-order valence-corrected chi connectivity index (χ2v) is 9.43. The van der Waals surface area contributed by atoms with Crippen molar-refractivity contribution in [3.63, 3.8) is 0 Å². The molecule has 15 N–H and O–H groups in total. The highest BCUT2D eigenvalue weighted by molar-refractivity contribution is 5.94. The maximum Gasteiger partial charge on any atom is 0.326 e. The number of amides is 3. The summed E-state index contributed by atoms with van der Waals surface area (Å²) in [7, 11) is 0. The van der Waals surface area contributed by atoms with Crippen LogP contribution in [-0.4, -0.2) is 88.5 Å². The molecule has 16 nitrogen and oxygen atoms in total. The summed E-state index contributed by atoms with van der Waals surface area (Å²) in [5.74, 6) is -3.17. The van der Waals surface area contributed by atoms with E-state index >= 15 is 0 Å². The van der Waals surface area contributed by atoms with E-state index in [9.17, 15) is 24.3 Å². The predicted molar refractivity (Wildman–Crippen MR) is 149 cm³/mol. The van der Waals surface area contributed by atoms with Gasteiger partial charge in [0, 0.05) is 24.9 Å². The fourth-order valence-corrected chi connectivity index (χ4v) is 3.83. The molecule has 1 aromatic heterocycles. The zero-order valence-corrected chi connectivity index (χ0v) is 22.8. The lowest BCUT2D eigenvalue weighted by molar-refractivity contribution is -0.142. The van der Waals surface area contributed by atoms with Crippen molar-refractivity contribution in [3.05, 3.63) is 18.2 Å². The van der Waals surface area contributed by atoms with Crippen molar-refractivity contribution in [2.45, 2.75) is 82.0 Å². The third-order valence-corrected chi connectivity index (χ3v) is 6.05. The van der Waals surface area contributed by atoms with Crippen LogP contribution >= 0.6 is 0 Å². The molecule has 0 spiro atoms. The highest BCUT2D eigenvalue weighted by Crippen LogP contribution is 2.08. The van der Waals surface area contributed by atoms with E-state index < -0.39 is 47.9 Å². The van der Waals surface area contributed by atoms with Gasteiger partial charge < -0.3 is 54.7 Å². The van der Waals surface area contributed by atoms with E-state index in [0.29, 0.717) is 50.9 Å². The van der Waals surface area contributed by atoms with Crippen molar-refractivity contribution in [1.29, 1.82) is 0 Å². The Hall–Kier alpha value is -3.76. The zero-order valence-electron chi connectivity index (χ0n) is 22.8. The van der Waals surface area contributed by atoms with Crippen LogP contribution in [0.1, 0.15) is 57.1 Å². The molecule has 0 aromatic carbocycles. The lowest BCUT2D eigenvalue weighted by Gasteiger charge is -2.25. The molecule has 1 rings (SSSR count). The maximum absolute atomic E-state index is 13.3. The summed E-state index contributed by atoms with van der Waals surface area (Å²) in [6, 6.07) is -4.21. The molecule has 16 heteroatoms. The van der Waals surface area contributed by atoms with Crippen molar-refractivity contribution in [2.24, 2.45) is 33.7 Å². The molecule has 4 atom stereocenters. The van der Waals surface area contributed by atoms with Crippen LogP contribution in [0.2, 0.25) is 0 Å². The van der Waals surface area contributed by atoms with Gasteiger partial charge in [0.1, 0.15) is 18.1 Å². The van der Waals surface area contributed by atoms with Crippen molar-refractivity contribution in [2.75, 3.05) is 19.6 Å². The number of aliphatic imine (C=N–C) groups is 1.